The molecule has 12 heavy (non-hydrogen) atoms. The van der Waals surface area contributed by atoms with Crippen molar-refractivity contribution in [3.8, 4) is 0 Å². The van der Waals surface area contributed by atoms with Gasteiger partial charge in [-0.25, -0.2) is 0 Å². The quantitative estimate of drug-likeness (QED) is 0.635. The molecule has 0 aromatic heterocycles. The van der Waals surface area contributed by atoms with Gasteiger partial charge in [0, 0.05) is 13.7 Å². The number of rotatable bonds is 2. The van der Waals surface area contributed by atoms with E-state index in [1.807, 2.05) is 13.8 Å². The van der Waals surface area contributed by atoms with Gasteiger partial charge < -0.3 is 14.8 Å². The zero-order chi connectivity index (χ0) is 9.19. The zero-order valence-electron chi connectivity index (χ0n) is 7.72. The van der Waals surface area contributed by atoms with E-state index in [0.717, 1.165) is 0 Å². The molecule has 4 nitrogen and oxygen atoms in total. The van der Waals surface area contributed by atoms with Crippen molar-refractivity contribution in [2.45, 2.75) is 25.6 Å². The summed E-state index contributed by atoms with van der Waals surface area (Å²) in [4.78, 5) is 10.7. The van der Waals surface area contributed by atoms with E-state index in [1.54, 1.807) is 7.11 Å². The smallest absolute Gasteiger partial charge is 0.246 e. The van der Waals surface area contributed by atoms with Crippen LogP contribution in [0.15, 0.2) is 0 Å². The van der Waals surface area contributed by atoms with Gasteiger partial charge in [-0.1, -0.05) is 0 Å². The molecule has 1 saturated heterocycles. The highest BCUT2D eigenvalue weighted by atomic mass is 16.5. The van der Waals surface area contributed by atoms with Crippen molar-refractivity contribution in [2.24, 2.45) is 0 Å². The fraction of sp³-hybridized carbons (Fsp3) is 0.875. The van der Waals surface area contributed by atoms with Gasteiger partial charge in [0.1, 0.15) is 12.7 Å². The molecule has 0 spiro atoms. The maximum Gasteiger partial charge on any atom is 0.246 e. The number of hydrogen-bond acceptors (Lipinski definition) is 3. The van der Waals surface area contributed by atoms with Gasteiger partial charge in [0.25, 0.3) is 0 Å². The Morgan fingerprint density at radius 2 is 2.33 bits per heavy atom. The molecule has 0 bridgehead atoms. The van der Waals surface area contributed by atoms with E-state index >= 15 is 0 Å². The highest BCUT2D eigenvalue weighted by Crippen LogP contribution is 2.17. The largest absolute Gasteiger partial charge is 0.376 e. The summed E-state index contributed by atoms with van der Waals surface area (Å²) in [5, 5.41) is 2.73. The van der Waals surface area contributed by atoms with Crippen LogP contribution in [-0.4, -0.2) is 37.9 Å². The number of carbonyl (C=O) groups is 1. The first-order valence-corrected chi connectivity index (χ1v) is 3.99. The average Bonchev–Trinajstić information content (AvgIpc) is 2.05. The van der Waals surface area contributed by atoms with Crippen molar-refractivity contribution >= 4 is 5.91 Å². The lowest BCUT2D eigenvalue weighted by atomic mass is 10.0. The molecule has 0 aliphatic carbocycles. The van der Waals surface area contributed by atoms with Crippen molar-refractivity contribution in [3.63, 3.8) is 0 Å². The number of morpholine rings is 1. The Balaban J connectivity index is 2.49. The predicted octanol–water partition coefficient (Wildman–Crippen LogP) is -0.0736. The number of amides is 1. The topological polar surface area (TPSA) is 47.6 Å². The van der Waals surface area contributed by atoms with Crippen molar-refractivity contribution in [1.82, 2.24) is 5.32 Å². The van der Waals surface area contributed by atoms with Gasteiger partial charge in [-0.3, -0.25) is 4.79 Å². The summed E-state index contributed by atoms with van der Waals surface area (Å²) in [5.74, 6) is -0.0573. The van der Waals surface area contributed by atoms with Crippen molar-refractivity contribution in [1.29, 1.82) is 0 Å². The average molecular weight is 173 g/mol. The summed E-state index contributed by atoms with van der Waals surface area (Å²) in [7, 11) is 1.64. The zero-order valence-corrected chi connectivity index (χ0v) is 7.72. The fourth-order valence-electron chi connectivity index (χ4n) is 1.07. The maximum atomic E-state index is 10.7. The molecule has 1 amide bonds. The Morgan fingerprint density at radius 1 is 1.67 bits per heavy atom. The summed E-state index contributed by atoms with van der Waals surface area (Å²) >= 11 is 0. The highest BCUT2D eigenvalue weighted by molar-refractivity contribution is 5.77. The maximum absolute atomic E-state index is 10.7. The standard InChI is InChI=1S/C8H15NO3/c1-8(2,11-3)6-4-9-7(10)5-12-6/h6H,4-5H2,1-3H3,(H,9,10). The second-order valence-electron chi connectivity index (χ2n) is 3.41. The lowest BCUT2D eigenvalue weighted by molar-refractivity contribution is -0.150. The van der Waals surface area contributed by atoms with Gasteiger partial charge in [0.2, 0.25) is 5.91 Å². The normalized spacial score (nSPS) is 25.2. The van der Waals surface area contributed by atoms with Crippen LogP contribution >= 0.6 is 0 Å². The highest BCUT2D eigenvalue weighted by Gasteiger charge is 2.33. The molecule has 1 aliphatic rings. The molecule has 1 fully saturated rings. The third kappa shape index (κ3) is 1.95. The second-order valence-corrected chi connectivity index (χ2v) is 3.41. The lowest BCUT2D eigenvalue weighted by Crippen LogP contribution is -2.53. The summed E-state index contributed by atoms with van der Waals surface area (Å²) in [6.45, 7) is 4.54. The molecule has 0 aromatic rings. The Labute approximate surface area is 72.2 Å². The lowest BCUT2D eigenvalue weighted by Gasteiger charge is -2.35. The van der Waals surface area contributed by atoms with Gasteiger partial charge in [-0.05, 0) is 13.8 Å². The number of hydrogen-bond donors (Lipinski definition) is 1. The van der Waals surface area contributed by atoms with Crippen LogP contribution in [0, 0.1) is 0 Å². The van der Waals surface area contributed by atoms with Crippen LogP contribution in [-0.2, 0) is 14.3 Å². The van der Waals surface area contributed by atoms with Crippen LogP contribution in [0.5, 0.6) is 0 Å². The van der Waals surface area contributed by atoms with Crippen LogP contribution in [0.25, 0.3) is 0 Å². The Morgan fingerprint density at radius 3 is 2.75 bits per heavy atom. The monoisotopic (exact) mass is 173 g/mol. The Kier molecular flexibility index (Phi) is 2.69. The van der Waals surface area contributed by atoms with Crippen LogP contribution < -0.4 is 5.32 Å². The van der Waals surface area contributed by atoms with Crippen LogP contribution in [0.3, 0.4) is 0 Å². The van der Waals surface area contributed by atoms with E-state index in [-0.39, 0.29) is 24.2 Å². The second kappa shape index (κ2) is 3.41. The van der Waals surface area contributed by atoms with Crippen LogP contribution in [0.4, 0.5) is 0 Å². The third-order valence-electron chi connectivity index (χ3n) is 2.20. The summed E-state index contributed by atoms with van der Waals surface area (Å²) in [5.41, 5.74) is -0.340. The first-order valence-electron chi connectivity index (χ1n) is 3.99. The van der Waals surface area contributed by atoms with Crippen LogP contribution in [0.2, 0.25) is 0 Å². The van der Waals surface area contributed by atoms with Crippen molar-refractivity contribution < 1.29 is 14.3 Å². The van der Waals surface area contributed by atoms with E-state index in [2.05, 4.69) is 5.32 Å². The van der Waals surface area contributed by atoms with E-state index in [4.69, 9.17) is 9.47 Å². The van der Waals surface area contributed by atoms with Crippen LogP contribution in [0.1, 0.15) is 13.8 Å². The van der Waals surface area contributed by atoms with E-state index in [0.29, 0.717) is 6.54 Å². The van der Waals surface area contributed by atoms with Crippen molar-refractivity contribution in [3.05, 3.63) is 0 Å². The van der Waals surface area contributed by atoms with Crippen molar-refractivity contribution in [2.75, 3.05) is 20.3 Å². The molecular formula is C8H15NO3. The molecule has 0 saturated carbocycles. The van der Waals surface area contributed by atoms with Gasteiger partial charge in [0.05, 0.1) is 5.60 Å². The summed E-state index contributed by atoms with van der Waals surface area (Å²) in [6.07, 6.45) is -0.0554. The van der Waals surface area contributed by atoms with Gasteiger partial charge in [-0.2, -0.15) is 0 Å². The molecule has 4 heteroatoms. The molecule has 0 radical (unpaired) electrons. The molecule has 1 N–H and O–H groups in total. The minimum absolute atomic E-state index is 0.0554. The molecular weight excluding hydrogens is 158 g/mol. The number of carbonyl (C=O) groups excluding carboxylic acids is 1. The summed E-state index contributed by atoms with van der Waals surface area (Å²) in [6, 6.07) is 0. The van der Waals surface area contributed by atoms with E-state index in [1.165, 1.54) is 0 Å². The SMILES string of the molecule is COC(C)(C)C1CNC(=O)CO1. The molecule has 1 rings (SSSR count). The third-order valence-corrected chi connectivity index (χ3v) is 2.20. The first kappa shape index (κ1) is 9.48. The Bertz CT molecular complexity index is 169. The molecule has 0 aromatic carbocycles. The fourth-order valence-corrected chi connectivity index (χ4v) is 1.07. The minimum atomic E-state index is -0.340. The molecule has 1 atom stereocenters. The van der Waals surface area contributed by atoms with Gasteiger partial charge >= 0.3 is 0 Å². The molecule has 1 unspecified atom stereocenters. The summed E-state index contributed by atoms with van der Waals surface area (Å²) < 4.78 is 10.5. The van der Waals surface area contributed by atoms with Gasteiger partial charge in [0.15, 0.2) is 0 Å². The molecule has 1 aliphatic heterocycles. The molecule has 70 valence electrons. The van der Waals surface area contributed by atoms with E-state index < -0.39 is 0 Å². The number of ether oxygens (including phenoxy) is 2. The Hall–Kier alpha value is -0.610. The predicted molar refractivity (Wildman–Crippen MR) is 43.8 cm³/mol. The minimum Gasteiger partial charge on any atom is -0.376 e. The number of nitrogens with one attached hydrogen (secondary N) is 1. The van der Waals surface area contributed by atoms with Gasteiger partial charge in [-0.15, -0.1) is 0 Å². The van der Waals surface area contributed by atoms with E-state index in [9.17, 15) is 4.79 Å². The number of methoxy groups -OCH3 is 1. The molecule has 1 heterocycles. The first-order chi connectivity index (χ1) is 5.56.